The molecule has 1 heterocycles. The number of ether oxygens (including phenoxy) is 2. The van der Waals surface area contributed by atoms with Gasteiger partial charge in [0.25, 0.3) is 0 Å². The molecule has 1 aromatic heterocycles. The molecule has 0 saturated heterocycles. The predicted molar refractivity (Wildman–Crippen MR) is 117 cm³/mol. The third-order valence-corrected chi connectivity index (χ3v) is 5.69. The number of carbonyl (C=O) groups is 2. The van der Waals surface area contributed by atoms with Crippen molar-refractivity contribution in [2.45, 2.75) is 78.9 Å². The van der Waals surface area contributed by atoms with Gasteiger partial charge in [0.1, 0.15) is 23.0 Å². The van der Waals surface area contributed by atoms with Crippen LogP contribution in [0, 0.1) is 12.8 Å². The first kappa shape index (κ1) is 22.8. The van der Waals surface area contributed by atoms with Gasteiger partial charge in [-0.2, -0.15) is 0 Å². The lowest BCUT2D eigenvalue weighted by Gasteiger charge is -2.25. The molecule has 0 bridgehead atoms. The van der Waals surface area contributed by atoms with E-state index >= 15 is 0 Å². The fourth-order valence-electron chi connectivity index (χ4n) is 3.85. The maximum absolute atomic E-state index is 13.0. The monoisotopic (exact) mass is 429 g/mol. The zero-order valence-electron chi connectivity index (χ0n) is 19.1. The number of amides is 1. The van der Waals surface area contributed by atoms with Crippen LogP contribution in [0.25, 0.3) is 11.0 Å². The summed E-state index contributed by atoms with van der Waals surface area (Å²) in [6.45, 7) is 10.8. The quantitative estimate of drug-likeness (QED) is 0.429. The number of hydrogen-bond donors (Lipinski definition) is 1. The predicted octanol–water partition coefficient (Wildman–Crippen LogP) is 4.43. The summed E-state index contributed by atoms with van der Waals surface area (Å²) in [5.74, 6) is -0.453. The molecule has 0 saturated carbocycles. The van der Waals surface area contributed by atoms with Gasteiger partial charge < -0.3 is 19.2 Å². The third kappa shape index (κ3) is 4.92. The molecule has 1 N–H and O–H groups in total. The van der Waals surface area contributed by atoms with E-state index in [0.29, 0.717) is 23.3 Å². The molecular weight excluding hydrogens is 398 g/mol. The molecule has 7 nitrogen and oxygen atoms in total. The van der Waals surface area contributed by atoms with Crippen molar-refractivity contribution in [1.82, 2.24) is 5.32 Å². The van der Waals surface area contributed by atoms with Crippen LogP contribution in [0.15, 0.2) is 21.3 Å². The SMILES string of the molecule is CC[C@@H](C)[C@@H](NC(=O)OC(C)(C)C)C(=O)Oc1ccc2c3c(c(=O)oc2c1C)CCC3. The normalized spacial score (nSPS) is 15.3. The van der Waals surface area contributed by atoms with E-state index in [0.717, 1.165) is 35.8 Å². The molecule has 1 aliphatic carbocycles. The van der Waals surface area contributed by atoms with E-state index in [1.165, 1.54) is 0 Å². The number of carbonyl (C=O) groups excluding carboxylic acids is 2. The molecule has 3 rings (SSSR count). The van der Waals surface area contributed by atoms with E-state index in [1.54, 1.807) is 33.8 Å². The van der Waals surface area contributed by atoms with Crippen molar-refractivity contribution in [3.8, 4) is 5.75 Å². The van der Waals surface area contributed by atoms with Crippen LogP contribution in [0.1, 0.15) is 64.2 Å². The minimum atomic E-state index is -0.873. The van der Waals surface area contributed by atoms with Gasteiger partial charge in [0.15, 0.2) is 0 Å². The van der Waals surface area contributed by atoms with Crippen molar-refractivity contribution < 1.29 is 23.5 Å². The van der Waals surface area contributed by atoms with Crippen LogP contribution in [0.3, 0.4) is 0 Å². The van der Waals surface area contributed by atoms with E-state index in [-0.39, 0.29) is 11.5 Å². The summed E-state index contributed by atoms with van der Waals surface area (Å²) in [4.78, 5) is 37.6. The Bertz CT molecular complexity index is 1060. The van der Waals surface area contributed by atoms with Crippen molar-refractivity contribution in [1.29, 1.82) is 0 Å². The Morgan fingerprint density at radius 1 is 1.19 bits per heavy atom. The number of fused-ring (bicyclic) bond motifs is 3. The first-order chi connectivity index (χ1) is 14.5. The lowest BCUT2D eigenvalue weighted by atomic mass is 9.99. The summed E-state index contributed by atoms with van der Waals surface area (Å²) < 4.78 is 16.5. The second-order valence-corrected chi connectivity index (χ2v) is 9.20. The standard InChI is InChI=1S/C24H31NO6/c1-7-13(2)19(25-23(28)31-24(4,5)6)22(27)29-18-12-11-16-15-9-8-10-17(15)21(26)30-20(16)14(18)3/h11-13,19H,7-10H2,1-6H3,(H,25,28)/t13-,19-/m1/s1. The summed E-state index contributed by atoms with van der Waals surface area (Å²) in [5, 5.41) is 3.52. The Kier molecular flexibility index (Phi) is 6.43. The molecule has 168 valence electrons. The number of nitrogens with one attached hydrogen (secondary N) is 1. The zero-order chi connectivity index (χ0) is 22.9. The van der Waals surface area contributed by atoms with Crippen molar-refractivity contribution in [3.05, 3.63) is 39.2 Å². The molecule has 1 aromatic carbocycles. The second-order valence-electron chi connectivity index (χ2n) is 9.20. The van der Waals surface area contributed by atoms with Crippen LogP contribution in [-0.4, -0.2) is 23.7 Å². The molecule has 2 aromatic rings. The van der Waals surface area contributed by atoms with Crippen LogP contribution in [0.5, 0.6) is 5.75 Å². The molecular formula is C24H31NO6. The molecule has 31 heavy (non-hydrogen) atoms. The lowest BCUT2D eigenvalue weighted by Crippen LogP contribution is -2.48. The molecule has 2 atom stereocenters. The van der Waals surface area contributed by atoms with Gasteiger partial charge in [-0.3, -0.25) is 0 Å². The van der Waals surface area contributed by atoms with Gasteiger partial charge in [0.05, 0.1) is 0 Å². The number of alkyl carbamates (subject to hydrolysis) is 1. The van der Waals surface area contributed by atoms with Crippen LogP contribution in [0.4, 0.5) is 4.79 Å². The zero-order valence-corrected chi connectivity index (χ0v) is 19.1. The van der Waals surface area contributed by atoms with Crippen molar-refractivity contribution in [3.63, 3.8) is 0 Å². The number of aryl methyl sites for hydroxylation is 2. The molecule has 7 heteroatoms. The summed E-state index contributed by atoms with van der Waals surface area (Å²) in [5.41, 5.74) is 1.79. The van der Waals surface area contributed by atoms with Crippen molar-refractivity contribution >= 4 is 23.0 Å². The fraction of sp³-hybridized carbons (Fsp3) is 0.542. The van der Waals surface area contributed by atoms with E-state index in [9.17, 15) is 14.4 Å². The second kappa shape index (κ2) is 8.73. The van der Waals surface area contributed by atoms with Gasteiger partial charge in [-0.25, -0.2) is 14.4 Å². The van der Waals surface area contributed by atoms with Crippen LogP contribution >= 0.6 is 0 Å². The Morgan fingerprint density at radius 2 is 1.87 bits per heavy atom. The highest BCUT2D eigenvalue weighted by Gasteiger charge is 2.31. The third-order valence-electron chi connectivity index (χ3n) is 5.69. The largest absolute Gasteiger partial charge is 0.444 e. The Hall–Kier alpha value is -2.83. The Labute approximate surface area is 182 Å². The number of esters is 1. The van der Waals surface area contributed by atoms with Crippen molar-refractivity contribution in [2.75, 3.05) is 0 Å². The number of hydrogen-bond acceptors (Lipinski definition) is 6. The average molecular weight is 430 g/mol. The molecule has 0 unspecified atom stereocenters. The van der Waals surface area contributed by atoms with E-state index in [1.807, 2.05) is 19.9 Å². The average Bonchev–Trinajstić information content (AvgIpc) is 3.17. The van der Waals surface area contributed by atoms with Gasteiger partial charge in [0.2, 0.25) is 0 Å². The van der Waals surface area contributed by atoms with Gasteiger partial charge in [-0.15, -0.1) is 0 Å². The summed E-state index contributed by atoms with van der Waals surface area (Å²) in [6, 6.07) is 2.68. The Morgan fingerprint density at radius 3 is 2.52 bits per heavy atom. The molecule has 0 spiro atoms. The van der Waals surface area contributed by atoms with Crippen LogP contribution in [0.2, 0.25) is 0 Å². The highest BCUT2D eigenvalue weighted by Crippen LogP contribution is 2.33. The summed E-state index contributed by atoms with van der Waals surface area (Å²) >= 11 is 0. The molecule has 0 radical (unpaired) electrons. The van der Waals surface area contributed by atoms with E-state index in [2.05, 4.69) is 5.32 Å². The highest BCUT2D eigenvalue weighted by molar-refractivity contribution is 5.88. The first-order valence-corrected chi connectivity index (χ1v) is 10.8. The van der Waals surface area contributed by atoms with Gasteiger partial charge in [-0.1, -0.05) is 20.3 Å². The van der Waals surface area contributed by atoms with Gasteiger partial charge in [-0.05, 0) is 70.6 Å². The number of rotatable bonds is 5. The minimum absolute atomic E-state index is 0.165. The molecule has 0 aliphatic heterocycles. The van der Waals surface area contributed by atoms with Gasteiger partial charge >= 0.3 is 17.7 Å². The molecule has 1 aliphatic rings. The number of benzene rings is 1. The lowest BCUT2D eigenvalue weighted by molar-refractivity contribution is -0.138. The maximum atomic E-state index is 13.0. The molecule has 0 fully saturated rings. The van der Waals surface area contributed by atoms with Crippen LogP contribution < -0.4 is 15.7 Å². The van der Waals surface area contributed by atoms with Crippen molar-refractivity contribution in [2.24, 2.45) is 5.92 Å². The first-order valence-electron chi connectivity index (χ1n) is 10.8. The van der Waals surface area contributed by atoms with E-state index < -0.39 is 23.7 Å². The Balaban J connectivity index is 1.88. The molecule has 1 amide bonds. The smallest absolute Gasteiger partial charge is 0.408 e. The maximum Gasteiger partial charge on any atom is 0.408 e. The van der Waals surface area contributed by atoms with Crippen LogP contribution in [-0.2, 0) is 22.4 Å². The minimum Gasteiger partial charge on any atom is -0.444 e. The highest BCUT2D eigenvalue weighted by atomic mass is 16.6. The fourth-order valence-corrected chi connectivity index (χ4v) is 3.85. The van der Waals surface area contributed by atoms with Gasteiger partial charge in [0, 0.05) is 16.5 Å². The van der Waals surface area contributed by atoms with E-state index in [4.69, 9.17) is 13.9 Å². The summed E-state index contributed by atoms with van der Waals surface area (Å²) in [6.07, 6.45) is 2.49. The topological polar surface area (TPSA) is 94.8 Å². The summed E-state index contributed by atoms with van der Waals surface area (Å²) in [7, 11) is 0.